The van der Waals surface area contributed by atoms with Crippen LogP contribution in [0.25, 0.3) is 0 Å². The first-order chi connectivity index (χ1) is 9.78. The normalized spacial score (nSPS) is 22.3. The van der Waals surface area contributed by atoms with Crippen molar-refractivity contribution in [3.05, 3.63) is 57.3 Å². The van der Waals surface area contributed by atoms with Gasteiger partial charge in [-0.1, -0.05) is 31.2 Å². The number of nitrogens with two attached hydrogens (primary N) is 1. The first kappa shape index (κ1) is 13.8. The quantitative estimate of drug-likeness (QED) is 0.825. The minimum Gasteiger partial charge on any atom is -0.324 e. The van der Waals surface area contributed by atoms with Gasteiger partial charge in [0, 0.05) is 15.8 Å². The van der Waals surface area contributed by atoms with E-state index in [0.29, 0.717) is 5.92 Å². The third kappa shape index (κ3) is 2.82. The number of fused-ring (bicyclic) bond motifs is 1. The molecule has 2 atom stereocenters. The summed E-state index contributed by atoms with van der Waals surface area (Å²) in [5, 5.41) is 0. The topological polar surface area (TPSA) is 26.0 Å². The Kier molecular flexibility index (Phi) is 4.23. The van der Waals surface area contributed by atoms with Gasteiger partial charge >= 0.3 is 0 Å². The maximum Gasteiger partial charge on any atom is 0.0329 e. The van der Waals surface area contributed by atoms with Gasteiger partial charge in [0.25, 0.3) is 0 Å². The van der Waals surface area contributed by atoms with Crippen LogP contribution in [-0.4, -0.2) is 0 Å². The summed E-state index contributed by atoms with van der Waals surface area (Å²) >= 11 is 1.96. The van der Waals surface area contributed by atoms with Gasteiger partial charge in [-0.2, -0.15) is 0 Å². The Balaban J connectivity index is 1.80. The van der Waals surface area contributed by atoms with Crippen LogP contribution in [0.1, 0.15) is 46.7 Å². The standard InChI is InChI=1S/C18H23NS/c1-2-15-10-11-16(20-15)12-14-8-5-7-13-6-3-4-9-17(13)18(14)19/h3-4,6,9-11,14,18H,2,5,7-8,12,19H2,1H3. The number of thiophene rings is 1. The maximum absolute atomic E-state index is 6.58. The lowest BCUT2D eigenvalue weighted by molar-refractivity contribution is 0.404. The zero-order valence-corrected chi connectivity index (χ0v) is 13.0. The molecule has 20 heavy (non-hydrogen) atoms. The molecule has 0 fully saturated rings. The molecule has 0 radical (unpaired) electrons. The molecule has 1 aliphatic rings. The highest BCUT2D eigenvalue weighted by Crippen LogP contribution is 2.34. The van der Waals surface area contributed by atoms with Gasteiger partial charge in [0.1, 0.15) is 0 Å². The lowest BCUT2D eigenvalue weighted by atomic mass is 9.88. The maximum atomic E-state index is 6.58. The van der Waals surface area contributed by atoms with Gasteiger partial charge < -0.3 is 5.73 Å². The number of benzene rings is 1. The fraction of sp³-hybridized carbons (Fsp3) is 0.444. The minimum atomic E-state index is 0.195. The van der Waals surface area contributed by atoms with Crippen molar-refractivity contribution in [2.75, 3.05) is 0 Å². The van der Waals surface area contributed by atoms with E-state index in [9.17, 15) is 0 Å². The van der Waals surface area contributed by atoms with Gasteiger partial charge in [-0.3, -0.25) is 0 Å². The van der Waals surface area contributed by atoms with E-state index in [1.807, 2.05) is 11.3 Å². The van der Waals surface area contributed by atoms with Gasteiger partial charge in [0.15, 0.2) is 0 Å². The smallest absolute Gasteiger partial charge is 0.0329 e. The molecule has 0 spiro atoms. The Labute approximate surface area is 125 Å². The van der Waals surface area contributed by atoms with Crippen LogP contribution in [0.2, 0.25) is 0 Å². The van der Waals surface area contributed by atoms with Crippen molar-refractivity contribution >= 4 is 11.3 Å². The van der Waals surface area contributed by atoms with E-state index >= 15 is 0 Å². The van der Waals surface area contributed by atoms with Crippen LogP contribution in [0.3, 0.4) is 0 Å². The largest absolute Gasteiger partial charge is 0.324 e. The third-order valence-electron chi connectivity index (χ3n) is 4.47. The first-order valence-electron chi connectivity index (χ1n) is 7.69. The predicted molar refractivity (Wildman–Crippen MR) is 87.2 cm³/mol. The van der Waals surface area contributed by atoms with Crippen LogP contribution >= 0.6 is 11.3 Å². The van der Waals surface area contributed by atoms with Crippen molar-refractivity contribution in [1.29, 1.82) is 0 Å². The van der Waals surface area contributed by atoms with Crippen LogP contribution in [0, 0.1) is 5.92 Å². The number of hydrogen-bond donors (Lipinski definition) is 1. The average Bonchev–Trinajstić information content (AvgIpc) is 2.87. The molecule has 1 heterocycles. The summed E-state index contributed by atoms with van der Waals surface area (Å²) in [5.74, 6) is 0.585. The van der Waals surface area contributed by atoms with Crippen molar-refractivity contribution in [1.82, 2.24) is 0 Å². The molecule has 0 bridgehead atoms. The molecule has 106 valence electrons. The zero-order valence-electron chi connectivity index (χ0n) is 12.1. The summed E-state index contributed by atoms with van der Waals surface area (Å²) < 4.78 is 0. The van der Waals surface area contributed by atoms with Crippen molar-refractivity contribution in [2.24, 2.45) is 11.7 Å². The molecule has 2 aromatic rings. The third-order valence-corrected chi connectivity index (χ3v) is 5.72. The molecule has 1 aromatic heterocycles. The molecule has 2 unspecified atom stereocenters. The lowest BCUT2D eigenvalue weighted by Gasteiger charge is -2.22. The fourth-order valence-corrected chi connectivity index (χ4v) is 4.34. The number of aryl methyl sites for hydroxylation is 2. The molecule has 0 saturated heterocycles. The van der Waals surface area contributed by atoms with Gasteiger partial charge in [-0.25, -0.2) is 0 Å². The Morgan fingerprint density at radius 3 is 2.75 bits per heavy atom. The van der Waals surface area contributed by atoms with Crippen LogP contribution in [0.15, 0.2) is 36.4 Å². The van der Waals surface area contributed by atoms with E-state index in [1.54, 1.807) is 0 Å². The summed E-state index contributed by atoms with van der Waals surface area (Å²) in [4.78, 5) is 2.99. The van der Waals surface area contributed by atoms with E-state index in [-0.39, 0.29) is 6.04 Å². The molecule has 0 saturated carbocycles. The van der Waals surface area contributed by atoms with Crippen LogP contribution < -0.4 is 5.73 Å². The molecule has 0 amide bonds. The molecule has 3 rings (SSSR count). The highest BCUT2D eigenvalue weighted by atomic mass is 32.1. The van der Waals surface area contributed by atoms with E-state index in [2.05, 4.69) is 43.3 Å². The molecule has 1 aromatic carbocycles. The number of hydrogen-bond acceptors (Lipinski definition) is 2. The molecular formula is C18H23NS. The minimum absolute atomic E-state index is 0.195. The zero-order chi connectivity index (χ0) is 13.9. The Morgan fingerprint density at radius 1 is 1.15 bits per heavy atom. The van der Waals surface area contributed by atoms with E-state index in [0.717, 1.165) is 12.8 Å². The molecule has 2 N–H and O–H groups in total. The average molecular weight is 285 g/mol. The van der Waals surface area contributed by atoms with Crippen LogP contribution in [0.4, 0.5) is 0 Å². The van der Waals surface area contributed by atoms with E-state index in [1.165, 1.54) is 40.1 Å². The Morgan fingerprint density at radius 2 is 1.95 bits per heavy atom. The summed E-state index contributed by atoms with van der Waals surface area (Å²) in [6, 6.07) is 13.5. The predicted octanol–water partition coefficient (Wildman–Crippen LogP) is 4.51. The second kappa shape index (κ2) is 6.11. The molecule has 1 aliphatic carbocycles. The van der Waals surface area contributed by atoms with Gasteiger partial charge in [0.2, 0.25) is 0 Å². The van der Waals surface area contributed by atoms with E-state index in [4.69, 9.17) is 5.73 Å². The SMILES string of the molecule is CCc1ccc(CC2CCCc3ccccc3C2N)s1. The summed E-state index contributed by atoms with van der Waals surface area (Å²) in [5.41, 5.74) is 9.42. The first-order valence-corrected chi connectivity index (χ1v) is 8.50. The molecule has 0 aliphatic heterocycles. The van der Waals surface area contributed by atoms with Crippen molar-refractivity contribution in [3.8, 4) is 0 Å². The Hall–Kier alpha value is -1.12. The molecular weight excluding hydrogens is 262 g/mol. The van der Waals surface area contributed by atoms with Crippen LogP contribution in [0.5, 0.6) is 0 Å². The summed E-state index contributed by atoms with van der Waals surface area (Å²) in [7, 11) is 0. The monoisotopic (exact) mass is 285 g/mol. The Bertz CT molecular complexity index is 572. The van der Waals surface area contributed by atoms with E-state index < -0.39 is 0 Å². The molecule has 1 nitrogen and oxygen atoms in total. The van der Waals surface area contributed by atoms with Gasteiger partial charge in [0.05, 0.1) is 0 Å². The van der Waals surface area contributed by atoms with Crippen molar-refractivity contribution < 1.29 is 0 Å². The second-order valence-electron chi connectivity index (χ2n) is 5.80. The highest BCUT2D eigenvalue weighted by molar-refractivity contribution is 7.11. The lowest BCUT2D eigenvalue weighted by Crippen LogP contribution is -2.22. The highest BCUT2D eigenvalue weighted by Gasteiger charge is 2.25. The van der Waals surface area contributed by atoms with Crippen molar-refractivity contribution in [2.45, 2.75) is 45.1 Å². The fourth-order valence-electron chi connectivity index (χ4n) is 3.28. The van der Waals surface area contributed by atoms with Crippen molar-refractivity contribution in [3.63, 3.8) is 0 Å². The van der Waals surface area contributed by atoms with Crippen LogP contribution in [-0.2, 0) is 19.3 Å². The second-order valence-corrected chi connectivity index (χ2v) is 7.06. The summed E-state index contributed by atoms with van der Waals surface area (Å²) in [6.07, 6.45) is 5.98. The van der Waals surface area contributed by atoms with Gasteiger partial charge in [-0.05, 0) is 61.3 Å². The van der Waals surface area contributed by atoms with Gasteiger partial charge in [-0.15, -0.1) is 11.3 Å². The summed E-state index contributed by atoms with van der Waals surface area (Å²) in [6.45, 7) is 2.23. The number of rotatable bonds is 3. The molecule has 2 heteroatoms.